The molecule has 1 fully saturated rings. The number of carbonyl (C=O) groups excluding carboxylic acids is 1. The van der Waals surface area contributed by atoms with E-state index in [2.05, 4.69) is 21.8 Å². The van der Waals surface area contributed by atoms with Crippen molar-refractivity contribution in [3.63, 3.8) is 0 Å². The molecule has 1 aromatic rings. The molecule has 0 aromatic carbocycles. The number of rotatable bonds is 3. The van der Waals surface area contributed by atoms with Crippen molar-refractivity contribution in [2.45, 2.75) is 13.3 Å². The third-order valence-corrected chi connectivity index (χ3v) is 2.98. The predicted molar refractivity (Wildman–Crippen MR) is 64.7 cm³/mol. The van der Waals surface area contributed by atoms with E-state index < -0.39 is 0 Å². The molecule has 5 nitrogen and oxygen atoms in total. The lowest BCUT2D eigenvalue weighted by atomic mass is 10.2. The van der Waals surface area contributed by atoms with E-state index in [-0.39, 0.29) is 5.91 Å². The van der Waals surface area contributed by atoms with Gasteiger partial charge in [-0.05, 0) is 13.0 Å². The van der Waals surface area contributed by atoms with E-state index in [1.54, 1.807) is 12.4 Å². The Balaban J connectivity index is 1.91. The van der Waals surface area contributed by atoms with Crippen LogP contribution in [0.3, 0.4) is 0 Å². The molecule has 0 spiro atoms. The second kappa shape index (κ2) is 5.72. The lowest BCUT2D eigenvalue weighted by Crippen LogP contribution is -2.48. The van der Waals surface area contributed by atoms with Crippen LogP contribution in [0, 0.1) is 0 Å². The number of amides is 1. The maximum Gasteiger partial charge on any atom is 0.274 e. The lowest BCUT2D eigenvalue weighted by Gasteiger charge is -2.34. The maximum atomic E-state index is 12.1. The maximum absolute atomic E-state index is 12.1. The highest BCUT2D eigenvalue weighted by molar-refractivity contribution is 5.92. The summed E-state index contributed by atoms with van der Waals surface area (Å²) in [5.41, 5.74) is 0.441. The first-order valence-electron chi connectivity index (χ1n) is 6.09. The van der Waals surface area contributed by atoms with Crippen LogP contribution in [-0.2, 0) is 0 Å². The minimum Gasteiger partial charge on any atom is -0.335 e. The zero-order valence-electron chi connectivity index (χ0n) is 10.2. The van der Waals surface area contributed by atoms with Crippen LogP contribution < -0.4 is 0 Å². The summed E-state index contributed by atoms with van der Waals surface area (Å²) in [7, 11) is 0. The number of nitrogens with zero attached hydrogens (tertiary/aromatic N) is 4. The molecule has 1 aliphatic heterocycles. The predicted octanol–water partition coefficient (Wildman–Crippen LogP) is 0.644. The molecule has 2 heterocycles. The molecular weight excluding hydrogens is 216 g/mol. The van der Waals surface area contributed by atoms with Crippen molar-refractivity contribution >= 4 is 5.91 Å². The fourth-order valence-electron chi connectivity index (χ4n) is 2.06. The molecule has 0 N–H and O–H groups in total. The summed E-state index contributed by atoms with van der Waals surface area (Å²) in [4.78, 5) is 24.3. The molecule has 2 rings (SSSR count). The van der Waals surface area contributed by atoms with Gasteiger partial charge in [0.05, 0.1) is 6.20 Å². The topological polar surface area (TPSA) is 49.3 Å². The lowest BCUT2D eigenvalue weighted by molar-refractivity contribution is 0.0631. The Hall–Kier alpha value is -1.49. The fraction of sp³-hybridized carbons (Fsp3) is 0.583. The Morgan fingerprint density at radius 3 is 2.65 bits per heavy atom. The molecular formula is C12H18N4O. The van der Waals surface area contributed by atoms with E-state index in [4.69, 9.17) is 0 Å². The SMILES string of the molecule is CCCN1CCN(C(=O)c2cnccn2)CC1. The summed E-state index contributed by atoms with van der Waals surface area (Å²) in [6, 6.07) is 0. The molecule has 92 valence electrons. The van der Waals surface area contributed by atoms with E-state index in [0.29, 0.717) is 5.69 Å². The Labute approximate surface area is 101 Å². The molecule has 5 heteroatoms. The molecule has 0 unspecified atom stereocenters. The van der Waals surface area contributed by atoms with Crippen LogP contribution in [0.2, 0.25) is 0 Å². The van der Waals surface area contributed by atoms with Crippen molar-refractivity contribution in [1.82, 2.24) is 19.8 Å². The van der Waals surface area contributed by atoms with E-state index in [1.165, 1.54) is 6.20 Å². The minimum absolute atomic E-state index is 0.00533. The molecule has 0 saturated carbocycles. The molecule has 1 saturated heterocycles. The smallest absolute Gasteiger partial charge is 0.274 e. The summed E-state index contributed by atoms with van der Waals surface area (Å²) in [5.74, 6) is -0.00533. The van der Waals surface area contributed by atoms with Gasteiger partial charge in [-0.15, -0.1) is 0 Å². The van der Waals surface area contributed by atoms with Gasteiger partial charge in [-0.25, -0.2) is 4.98 Å². The molecule has 0 bridgehead atoms. The summed E-state index contributed by atoms with van der Waals surface area (Å²) < 4.78 is 0. The Morgan fingerprint density at radius 2 is 2.06 bits per heavy atom. The largest absolute Gasteiger partial charge is 0.335 e. The highest BCUT2D eigenvalue weighted by Crippen LogP contribution is 2.06. The summed E-state index contributed by atoms with van der Waals surface area (Å²) in [6.07, 6.45) is 5.83. The van der Waals surface area contributed by atoms with Gasteiger partial charge in [0.25, 0.3) is 5.91 Å². The highest BCUT2D eigenvalue weighted by Gasteiger charge is 2.22. The van der Waals surface area contributed by atoms with Gasteiger partial charge < -0.3 is 4.90 Å². The van der Waals surface area contributed by atoms with Gasteiger partial charge in [0.15, 0.2) is 0 Å². The van der Waals surface area contributed by atoms with Crippen LogP contribution in [0.25, 0.3) is 0 Å². The van der Waals surface area contributed by atoms with Crippen LogP contribution in [0.15, 0.2) is 18.6 Å². The number of hydrogen-bond acceptors (Lipinski definition) is 4. The highest BCUT2D eigenvalue weighted by atomic mass is 16.2. The van der Waals surface area contributed by atoms with Crippen molar-refractivity contribution < 1.29 is 4.79 Å². The Kier molecular flexibility index (Phi) is 4.03. The molecule has 1 amide bonds. The Bertz CT molecular complexity index is 360. The fourth-order valence-corrected chi connectivity index (χ4v) is 2.06. The van der Waals surface area contributed by atoms with Crippen molar-refractivity contribution in [3.05, 3.63) is 24.3 Å². The van der Waals surface area contributed by atoms with E-state index in [1.807, 2.05) is 4.90 Å². The number of carbonyl (C=O) groups is 1. The van der Waals surface area contributed by atoms with Crippen LogP contribution in [0.5, 0.6) is 0 Å². The molecule has 0 radical (unpaired) electrons. The first-order chi connectivity index (χ1) is 8.31. The van der Waals surface area contributed by atoms with E-state index in [0.717, 1.165) is 39.1 Å². The van der Waals surface area contributed by atoms with Gasteiger partial charge >= 0.3 is 0 Å². The van der Waals surface area contributed by atoms with E-state index in [9.17, 15) is 4.79 Å². The van der Waals surface area contributed by atoms with Crippen LogP contribution in [0.4, 0.5) is 0 Å². The summed E-state index contributed by atoms with van der Waals surface area (Å²) >= 11 is 0. The minimum atomic E-state index is -0.00533. The second-order valence-electron chi connectivity index (χ2n) is 4.22. The normalized spacial score (nSPS) is 17.1. The van der Waals surface area contributed by atoms with Gasteiger partial charge in [-0.1, -0.05) is 6.92 Å². The average molecular weight is 234 g/mol. The number of aromatic nitrogens is 2. The van der Waals surface area contributed by atoms with Gasteiger partial charge in [0, 0.05) is 38.6 Å². The molecule has 17 heavy (non-hydrogen) atoms. The first kappa shape index (κ1) is 12.0. The standard InChI is InChI=1S/C12H18N4O/c1-2-5-15-6-8-16(9-7-15)12(17)11-10-13-3-4-14-11/h3-4,10H,2,5-9H2,1H3. The first-order valence-corrected chi connectivity index (χ1v) is 6.09. The Morgan fingerprint density at radius 1 is 1.29 bits per heavy atom. The third kappa shape index (κ3) is 3.00. The average Bonchev–Trinajstić information content (AvgIpc) is 2.40. The molecule has 0 atom stereocenters. The number of hydrogen-bond donors (Lipinski definition) is 0. The molecule has 1 aromatic heterocycles. The quantitative estimate of drug-likeness (QED) is 0.770. The van der Waals surface area contributed by atoms with Gasteiger partial charge in [-0.3, -0.25) is 14.7 Å². The van der Waals surface area contributed by atoms with Crippen molar-refractivity contribution in [1.29, 1.82) is 0 Å². The van der Waals surface area contributed by atoms with Gasteiger partial charge in [0.2, 0.25) is 0 Å². The van der Waals surface area contributed by atoms with Crippen LogP contribution in [0.1, 0.15) is 23.8 Å². The van der Waals surface area contributed by atoms with Gasteiger partial charge in [0.1, 0.15) is 5.69 Å². The summed E-state index contributed by atoms with van der Waals surface area (Å²) in [5, 5.41) is 0. The molecule has 1 aliphatic rings. The van der Waals surface area contributed by atoms with E-state index >= 15 is 0 Å². The third-order valence-electron chi connectivity index (χ3n) is 2.98. The van der Waals surface area contributed by atoms with Gasteiger partial charge in [-0.2, -0.15) is 0 Å². The summed E-state index contributed by atoms with van der Waals surface area (Å²) in [6.45, 7) is 6.79. The number of piperazine rings is 1. The van der Waals surface area contributed by atoms with Crippen molar-refractivity contribution in [2.75, 3.05) is 32.7 Å². The second-order valence-corrected chi connectivity index (χ2v) is 4.22. The zero-order valence-corrected chi connectivity index (χ0v) is 10.2. The van der Waals surface area contributed by atoms with Crippen molar-refractivity contribution in [2.24, 2.45) is 0 Å². The monoisotopic (exact) mass is 234 g/mol. The van der Waals surface area contributed by atoms with Crippen LogP contribution in [-0.4, -0.2) is 58.4 Å². The zero-order chi connectivity index (χ0) is 12.1. The van der Waals surface area contributed by atoms with Crippen molar-refractivity contribution in [3.8, 4) is 0 Å². The molecule has 0 aliphatic carbocycles. The van der Waals surface area contributed by atoms with Crippen LogP contribution >= 0.6 is 0 Å².